The Morgan fingerprint density at radius 2 is 2.23 bits per heavy atom. The number of carbonyl (C=O) groups is 2. The highest BCUT2D eigenvalue weighted by atomic mass is 35.5. The Labute approximate surface area is 137 Å². The zero-order valence-corrected chi connectivity index (χ0v) is 13.6. The number of halogens is 1. The highest BCUT2D eigenvalue weighted by molar-refractivity contribution is 5.94. The lowest BCUT2D eigenvalue weighted by Crippen LogP contribution is -2.15. The number of benzene rings is 1. The van der Waals surface area contributed by atoms with Crippen LogP contribution in [0.4, 0.5) is 5.69 Å². The SMILES string of the molecule is CCOC(=O)c1cccc(NC(=O)CCC2CCNC2)c1.Cl. The van der Waals surface area contributed by atoms with E-state index in [1.54, 1.807) is 31.2 Å². The first kappa shape index (κ1) is 18.5. The summed E-state index contributed by atoms with van der Waals surface area (Å²) >= 11 is 0. The second kappa shape index (κ2) is 9.43. The van der Waals surface area contributed by atoms with Crippen LogP contribution in [0.25, 0.3) is 0 Å². The van der Waals surface area contributed by atoms with E-state index in [0.717, 1.165) is 25.9 Å². The zero-order valence-electron chi connectivity index (χ0n) is 12.8. The van der Waals surface area contributed by atoms with E-state index < -0.39 is 0 Å². The summed E-state index contributed by atoms with van der Waals surface area (Å²) in [7, 11) is 0. The maximum atomic E-state index is 11.9. The molecule has 6 heteroatoms. The van der Waals surface area contributed by atoms with Crippen molar-refractivity contribution < 1.29 is 14.3 Å². The fourth-order valence-electron chi connectivity index (χ4n) is 2.46. The maximum Gasteiger partial charge on any atom is 0.338 e. The molecule has 0 aromatic heterocycles. The maximum absolute atomic E-state index is 11.9. The van der Waals surface area contributed by atoms with Crippen molar-refractivity contribution in [2.75, 3.05) is 25.0 Å². The molecule has 1 atom stereocenters. The van der Waals surface area contributed by atoms with Gasteiger partial charge < -0.3 is 15.4 Å². The molecule has 122 valence electrons. The normalized spacial score (nSPS) is 16.7. The smallest absolute Gasteiger partial charge is 0.338 e. The van der Waals surface area contributed by atoms with Gasteiger partial charge in [-0.1, -0.05) is 6.07 Å². The fraction of sp³-hybridized carbons (Fsp3) is 0.500. The molecule has 2 rings (SSSR count). The van der Waals surface area contributed by atoms with Gasteiger partial charge in [0.05, 0.1) is 12.2 Å². The van der Waals surface area contributed by atoms with E-state index in [2.05, 4.69) is 10.6 Å². The summed E-state index contributed by atoms with van der Waals surface area (Å²) in [4.78, 5) is 23.6. The van der Waals surface area contributed by atoms with Gasteiger partial charge >= 0.3 is 5.97 Å². The van der Waals surface area contributed by atoms with Gasteiger partial charge in [0.15, 0.2) is 0 Å². The fourth-order valence-corrected chi connectivity index (χ4v) is 2.46. The molecule has 22 heavy (non-hydrogen) atoms. The number of hydrogen-bond donors (Lipinski definition) is 2. The van der Waals surface area contributed by atoms with Crippen molar-refractivity contribution in [2.24, 2.45) is 5.92 Å². The van der Waals surface area contributed by atoms with Gasteiger partial charge in [-0.25, -0.2) is 4.79 Å². The zero-order chi connectivity index (χ0) is 15.1. The molecule has 2 N–H and O–H groups in total. The third kappa shape index (κ3) is 5.66. The number of hydrogen-bond acceptors (Lipinski definition) is 4. The molecule has 0 saturated carbocycles. The molecule has 1 saturated heterocycles. The van der Waals surface area contributed by atoms with E-state index in [-0.39, 0.29) is 24.3 Å². The van der Waals surface area contributed by atoms with Crippen LogP contribution in [0.2, 0.25) is 0 Å². The number of rotatable bonds is 6. The largest absolute Gasteiger partial charge is 0.462 e. The first-order valence-corrected chi connectivity index (χ1v) is 7.46. The molecule has 0 spiro atoms. The lowest BCUT2D eigenvalue weighted by atomic mass is 10.0. The number of nitrogens with one attached hydrogen (secondary N) is 2. The van der Waals surface area contributed by atoms with Gasteiger partial charge in [0.25, 0.3) is 0 Å². The standard InChI is InChI=1S/C16H22N2O3.ClH/c1-2-21-16(20)13-4-3-5-14(10-13)18-15(19)7-6-12-8-9-17-11-12;/h3-5,10,12,17H,2,6-9,11H2,1H3,(H,18,19);1H. The number of anilines is 1. The van der Waals surface area contributed by atoms with E-state index >= 15 is 0 Å². The topological polar surface area (TPSA) is 67.4 Å². The Morgan fingerprint density at radius 1 is 1.41 bits per heavy atom. The van der Waals surface area contributed by atoms with Crippen LogP contribution < -0.4 is 10.6 Å². The van der Waals surface area contributed by atoms with Crippen molar-refractivity contribution in [3.63, 3.8) is 0 Å². The molecular formula is C16H23ClN2O3. The molecule has 1 aromatic carbocycles. The van der Waals surface area contributed by atoms with Crippen molar-refractivity contribution in [1.82, 2.24) is 5.32 Å². The van der Waals surface area contributed by atoms with Gasteiger partial charge in [0, 0.05) is 12.1 Å². The molecule has 1 fully saturated rings. The number of amides is 1. The highest BCUT2D eigenvalue weighted by Crippen LogP contribution is 2.16. The van der Waals surface area contributed by atoms with E-state index in [1.807, 2.05) is 0 Å². The summed E-state index contributed by atoms with van der Waals surface area (Å²) in [5, 5.41) is 6.13. The van der Waals surface area contributed by atoms with E-state index in [9.17, 15) is 9.59 Å². The Hall–Kier alpha value is -1.59. The lowest BCUT2D eigenvalue weighted by molar-refractivity contribution is -0.116. The molecule has 1 aromatic rings. The van der Waals surface area contributed by atoms with Crippen LogP contribution in [0.5, 0.6) is 0 Å². The second-order valence-electron chi connectivity index (χ2n) is 5.25. The Kier molecular flexibility index (Phi) is 7.91. The van der Waals surface area contributed by atoms with Crippen LogP contribution in [0, 0.1) is 5.92 Å². The van der Waals surface area contributed by atoms with Gasteiger partial charge in [0.2, 0.25) is 5.91 Å². The van der Waals surface area contributed by atoms with Crippen molar-refractivity contribution in [2.45, 2.75) is 26.2 Å². The van der Waals surface area contributed by atoms with Gasteiger partial charge in [-0.15, -0.1) is 12.4 Å². The highest BCUT2D eigenvalue weighted by Gasteiger charge is 2.16. The monoisotopic (exact) mass is 326 g/mol. The molecule has 0 aliphatic carbocycles. The van der Waals surface area contributed by atoms with Crippen LogP contribution in [0.15, 0.2) is 24.3 Å². The first-order valence-electron chi connectivity index (χ1n) is 7.46. The van der Waals surface area contributed by atoms with Gasteiger partial charge in [-0.3, -0.25) is 4.79 Å². The number of ether oxygens (including phenoxy) is 1. The second-order valence-corrected chi connectivity index (χ2v) is 5.25. The molecule has 1 aliphatic heterocycles. The van der Waals surface area contributed by atoms with E-state index in [1.165, 1.54) is 0 Å². The summed E-state index contributed by atoms with van der Waals surface area (Å²) < 4.78 is 4.94. The van der Waals surface area contributed by atoms with Gasteiger partial charge in [-0.2, -0.15) is 0 Å². The third-order valence-corrected chi connectivity index (χ3v) is 3.60. The molecule has 5 nitrogen and oxygen atoms in total. The van der Waals surface area contributed by atoms with Crippen molar-refractivity contribution in [1.29, 1.82) is 0 Å². The summed E-state index contributed by atoms with van der Waals surface area (Å²) in [6.45, 7) is 4.16. The average Bonchev–Trinajstić information content (AvgIpc) is 2.99. The molecule has 1 amide bonds. The Balaban J connectivity index is 0.00000242. The number of carbonyl (C=O) groups excluding carboxylic acids is 2. The summed E-state index contributed by atoms with van der Waals surface area (Å²) in [6, 6.07) is 6.84. The van der Waals surface area contributed by atoms with Crippen molar-refractivity contribution >= 4 is 30.0 Å². The van der Waals surface area contributed by atoms with E-state index in [0.29, 0.717) is 30.2 Å². The minimum absolute atomic E-state index is 0. The summed E-state index contributed by atoms with van der Waals surface area (Å²) in [5.74, 6) is 0.218. The molecule has 1 heterocycles. The molecular weight excluding hydrogens is 304 g/mol. The van der Waals surface area contributed by atoms with Crippen LogP contribution in [0.1, 0.15) is 36.5 Å². The predicted molar refractivity (Wildman–Crippen MR) is 88.5 cm³/mol. The van der Waals surface area contributed by atoms with Crippen LogP contribution in [-0.2, 0) is 9.53 Å². The van der Waals surface area contributed by atoms with Gasteiger partial charge in [0.1, 0.15) is 0 Å². The average molecular weight is 327 g/mol. The molecule has 0 radical (unpaired) electrons. The molecule has 0 bridgehead atoms. The third-order valence-electron chi connectivity index (χ3n) is 3.60. The minimum Gasteiger partial charge on any atom is -0.462 e. The van der Waals surface area contributed by atoms with Crippen LogP contribution >= 0.6 is 12.4 Å². The summed E-state index contributed by atoms with van der Waals surface area (Å²) in [6.07, 6.45) is 2.55. The number of esters is 1. The van der Waals surface area contributed by atoms with Crippen LogP contribution in [-0.4, -0.2) is 31.6 Å². The van der Waals surface area contributed by atoms with Crippen molar-refractivity contribution in [3.8, 4) is 0 Å². The summed E-state index contributed by atoms with van der Waals surface area (Å²) in [5.41, 5.74) is 1.09. The van der Waals surface area contributed by atoms with Crippen molar-refractivity contribution in [3.05, 3.63) is 29.8 Å². The first-order chi connectivity index (χ1) is 10.2. The molecule has 1 unspecified atom stereocenters. The Morgan fingerprint density at radius 3 is 2.91 bits per heavy atom. The van der Waals surface area contributed by atoms with Gasteiger partial charge in [-0.05, 0) is 57.0 Å². The quantitative estimate of drug-likeness (QED) is 0.789. The minimum atomic E-state index is -0.370. The van der Waals surface area contributed by atoms with E-state index in [4.69, 9.17) is 4.74 Å². The molecule has 1 aliphatic rings. The lowest BCUT2D eigenvalue weighted by Gasteiger charge is -2.09. The van der Waals surface area contributed by atoms with Crippen LogP contribution in [0.3, 0.4) is 0 Å². The predicted octanol–water partition coefficient (Wildman–Crippen LogP) is 2.61. The Bertz CT molecular complexity index is 502.